The number of rotatable bonds is 2. The monoisotopic (exact) mass is 217 g/mol. The lowest BCUT2D eigenvalue weighted by molar-refractivity contribution is 0.0688. The minimum atomic E-state index is 0.0416. The first-order valence-electron chi connectivity index (χ1n) is 5.53. The standard InChI is InChI=1S/C13H15NO2/c1-9(2)14-7-6-11-10(8-15)4-3-5-12(11)13(14)16/h3-5,8-9H,6-7H2,1-2H3. The molecule has 0 N–H and O–H groups in total. The Morgan fingerprint density at radius 3 is 2.75 bits per heavy atom. The van der Waals surface area contributed by atoms with Crippen LogP contribution in [-0.4, -0.2) is 29.7 Å². The van der Waals surface area contributed by atoms with E-state index in [1.165, 1.54) is 0 Å². The van der Waals surface area contributed by atoms with Crippen LogP contribution in [0.1, 0.15) is 40.1 Å². The van der Waals surface area contributed by atoms with Gasteiger partial charge in [0, 0.05) is 23.7 Å². The summed E-state index contributed by atoms with van der Waals surface area (Å²) in [6, 6.07) is 5.55. The van der Waals surface area contributed by atoms with E-state index in [-0.39, 0.29) is 11.9 Å². The Bertz CT molecular complexity index is 438. The van der Waals surface area contributed by atoms with Crippen LogP contribution in [0.5, 0.6) is 0 Å². The Hall–Kier alpha value is -1.64. The van der Waals surface area contributed by atoms with Gasteiger partial charge in [-0.25, -0.2) is 0 Å². The molecule has 0 spiro atoms. The average molecular weight is 217 g/mol. The van der Waals surface area contributed by atoms with E-state index in [4.69, 9.17) is 0 Å². The maximum atomic E-state index is 12.1. The van der Waals surface area contributed by atoms with Gasteiger partial charge in [-0.15, -0.1) is 0 Å². The van der Waals surface area contributed by atoms with E-state index in [1.807, 2.05) is 18.7 Å². The quantitative estimate of drug-likeness (QED) is 0.709. The largest absolute Gasteiger partial charge is 0.336 e. The summed E-state index contributed by atoms with van der Waals surface area (Å²) in [5, 5.41) is 0. The molecule has 84 valence electrons. The predicted octanol–water partition coefficient (Wildman–Crippen LogP) is 1.91. The fourth-order valence-electron chi connectivity index (χ4n) is 2.18. The minimum Gasteiger partial charge on any atom is -0.336 e. The molecule has 1 heterocycles. The maximum Gasteiger partial charge on any atom is 0.254 e. The van der Waals surface area contributed by atoms with Gasteiger partial charge in [0.2, 0.25) is 0 Å². The maximum absolute atomic E-state index is 12.1. The SMILES string of the molecule is CC(C)N1CCc2c(C=O)cccc2C1=O. The number of hydrogen-bond acceptors (Lipinski definition) is 2. The molecule has 1 aliphatic rings. The summed E-state index contributed by atoms with van der Waals surface area (Å²) >= 11 is 0. The summed E-state index contributed by atoms with van der Waals surface area (Å²) in [5.41, 5.74) is 2.23. The van der Waals surface area contributed by atoms with Crippen molar-refractivity contribution < 1.29 is 9.59 Å². The van der Waals surface area contributed by atoms with E-state index >= 15 is 0 Å². The highest BCUT2D eigenvalue weighted by Gasteiger charge is 2.27. The van der Waals surface area contributed by atoms with Crippen molar-refractivity contribution in [2.75, 3.05) is 6.54 Å². The highest BCUT2D eigenvalue weighted by Crippen LogP contribution is 2.22. The first-order chi connectivity index (χ1) is 7.65. The van der Waals surface area contributed by atoms with Crippen LogP contribution in [-0.2, 0) is 6.42 Å². The number of hydrogen-bond donors (Lipinski definition) is 0. The van der Waals surface area contributed by atoms with Crippen molar-refractivity contribution in [2.24, 2.45) is 0 Å². The fraction of sp³-hybridized carbons (Fsp3) is 0.385. The van der Waals surface area contributed by atoms with E-state index in [1.54, 1.807) is 18.2 Å². The molecule has 0 saturated heterocycles. The van der Waals surface area contributed by atoms with E-state index < -0.39 is 0 Å². The molecule has 1 aromatic carbocycles. The van der Waals surface area contributed by atoms with E-state index in [2.05, 4.69) is 0 Å². The van der Waals surface area contributed by atoms with E-state index in [9.17, 15) is 9.59 Å². The molecule has 1 aromatic rings. The highest BCUT2D eigenvalue weighted by atomic mass is 16.2. The summed E-state index contributed by atoms with van der Waals surface area (Å²) in [4.78, 5) is 24.9. The molecule has 0 aromatic heterocycles. The van der Waals surface area contributed by atoms with Crippen LogP contribution in [0.25, 0.3) is 0 Å². The van der Waals surface area contributed by atoms with Crippen LogP contribution in [0.2, 0.25) is 0 Å². The van der Waals surface area contributed by atoms with Gasteiger partial charge >= 0.3 is 0 Å². The molecule has 0 aliphatic carbocycles. The van der Waals surface area contributed by atoms with Crippen LogP contribution in [0.4, 0.5) is 0 Å². The molecule has 1 amide bonds. The first kappa shape index (κ1) is 10.9. The first-order valence-corrected chi connectivity index (χ1v) is 5.53. The van der Waals surface area contributed by atoms with Gasteiger partial charge in [0.15, 0.2) is 0 Å². The number of carbonyl (C=O) groups is 2. The second-order valence-electron chi connectivity index (χ2n) is 4.33. The molecular formula is C13H15NO2. The Labute approximate surface area is 95.1 Å². The minimum absolute atomic E-state index is 0.0416. The number of benzene rings is 1. The number of amides is 1. The molecule has 0 unspecified atom stereocenters. The topological polar surface area (TPSA) is 37.4 Å². The molecule has 0 radical (unpaired) electrons. The van der Waals surface area contributed by atoms with Crippen LogP contribution in [0.15, 0.2) is 18.2 Å². The molecule has 3 heteroatoms. The lowest BCUT2D eigenvalue weighted by Gasteiger charge is -2.32. The lowest BCUT2D eigenvalue weighted by Crippen LogP contribution is -2.42. The van der Waals surface area contributed by atoms with Gasteiger partial charge in [-0.2, -0.15) is 0 Å². The zero-order chi connectivity index (χ0) is 11.7. The van der Waals surface area contributed by atoms with Crippen molar-refractivity contribution in [3.8, 4) is 0 Å². The van der Waals surface area contributed by atoms with Crippen molar-refractivity contribution in [1.82, 2.24) is 4.90 Å². The van der Waals surface area contributed by atoms with Crippen LogP contribution in [0.3, 0.4) is 0 Å². The van der Waals surface area contributed by atoms with Crippen LogP contribution in [0, 0.1) is 0 Å². The van der Waals surface area contributed by atoms with E-state index in [0.29, 0.717) is 17.7 Å². The zero-order valence-electron chi connectivity index (χ0n) is 9.56. The van der Waals surface area contributed by atoms with Gasteiger partial charge in [-0.1, -0.05) is 12.1 Å². The second-order valence-corrected chi connectivity index (χ2v) is 4.33. The number of nitrogens with zero attached hydrogens (tertiary/aromatic N) is 1. The number of carbonyl (C=O) groups excluding carboxylic acids is 2. The van der Waals surface area contributed by atoms with Gasteiger partial charge in [0.25, 0.3) is 5.91 Å². The van der Waals surface area contributed by atoms with Crippen LogP contribution < -0.4 is 0 Å². The predicted molar refractivity (Wildman–Crippen MR) is 61.7 cm³/mol. The molecule has 3 nitrogen and oxygen atoms in total. The normalized spacial score (nSPS) is 15.2. The number of fused-ring (bicyclic) bond motifs is 1. The van der Waals surface area contributed by atoms with Gasteiger partial charge in [-0.3, -0.25) is 9.59 Å². The zero-order valence-corrected chi connectivity index (χ0v) is 9.56. The molecule has 0 saturated carbocycles. The Morgan fingerprint density at radius 1 is 1.38 bits per heavy atom. The molecule has 2 rings (SSSR count). The second kappa shape index (κ2) is 4.08. The fourth-order valence-corrected chi connectivity index (χ4v) is 2.18. The van der Waals surface area contributed by atoms with Gasteiger partial charge in [0.05, 0.1) is 0 Å². The molecular weight excluding hydrogens is 202 g/mol. The van der Waals surface area contributed by atoms with Crippen molar-refractivity contribution in [1.29, 1.82) is 0 Å². The van der Waals surface area contributed by atoms with Crippen LogP contribution >= 0.6 is 0 Å². The summed E-state index contributed by atoms with van der Waals surface area (Å²) in [7, 11) is 0. The average Bonchev–Trinajstić information content (AvgIpc) is 2.28. The Morgan fingerprint density at radius 2 is 2.12 bits per heavy atom. The highest BCUT2D eigenvalue weighted by molar-refractivity contribution is 5.99. The van der Waals surface area contributed by atoms with E-state index in [0.717, 1.165) is 18.3 Å². The van der Waals surface area contributed by atoms with Crippen molar-refractivity contribution in [3.05, 3.63) is 34.9 Å². The molecule has 0 atom stereocenters. The van der Waals surface area contributed by atoms with Gasteiger partial charge in [0.1, 0.15) is 6.29 Å². The third kappa shape index (κ3) is 1.62. The van der Waals surface area contributed by atoms with Crippen molar-refractivity contribution in [2.45, 2.75) is 26.3 Å². The Balaban J connectivity index is 2.46. The summed E-state index contributed by atoms with van der Waals surface area (Å²) in [6.45, 7) is 4.72. The third-order valence-electron chi connectivity index (χ3n) is 3.06. The van der Waals surface area contributed by atoms with Crippen molar-refractivity contribution >= 4 is 12.2 Å². The van der Waals surface area contributed by atoms with Crippen molar-refractivity contribution in [3.63, 3.8) is 0 Å². The third-order valence-corrected chi connectivity index (χ3v) is 3.06. The smallest absolute Gasteiger partial charge is 0.254 e. The number of aldehydes is 1. The molecule has 16 heavy (non-hydrogen) atoms. The Kier molecular flexibility index (Phi) is 2.77. The molecule has 0 fully saturated rings. The summed E-state index contributed by atoms with van der Waals surface area (Å²) in [5.74, 6) is 0.0416. The molecule has 0 bridgehead atoms. The summed E-state index contributed by atoms with van der Waals surface area (Å²) < 4.78 is 0. The van der Waals surface area contributed by atoms with Gasteiger partial charge < -0.3 is 4.90 Å². The summed E-state index contributed by atoms with van der Waals surface area (Å²) in [6.07, 6.45) is 1.60. The van der Waals surface area contributed by atoms with Gasteiger partial charge in [-0.05, 0) is 31.9 Å². The lowest BCUT2D eigenvalue weighted by atomic mass is 9.94. The molecule has 1 aliphatic heterocycles.